The van der Waals surface area contributed by atoms with E-state index in [1.165, 1.54) is 51.6 Å². The molecule has 16 heavy (non-hydrogen) atoms. The smallest absolute Gasteiger partial charge is 0.0249 e. The van der Waals surface area contributed by atoms with Gasteiger partial charge in [-0.05, 0) is 57.7 Å². The molecule has 1 aliphatic heterocycles. The van der Waals surface area contributed by atoms with E-state index in [0.717, 1.165) is 12.1 Å². The fraction of sp³-hybridized carbons (Fsp3) is 1.00. The molecule has 0 aromatic heterocycles. The number of hydrogen-bond donors (Lipinski definition) is 1. The molecule has 2 aliphatic rings. The predicted molar refractivity (Wildman–Crippen MR) is 69.7 cm³/mol. The van der Waals surface area contributed by atoms with Gasteiger partial charge in [-0.25, -0.2) is 0 Å². The SMILES string of the molecule is CNC1CCCC1N1CCCC(C)(C)CC1. The molecule has 1 saturated heterocycles. The van der Waals surface area contributed by atoms with Crippen molar-refractivity contribution in [3.8, 4) is 0 Å². The van der Waals surface area contributed by atoms with Crippen molar-refractivity contribution in [2.75, 3.05) is 20.1 Å². The van der Waals surface area contributed by atoms with Crippen molar-refractivity contribution in [2.24, 2.45) is 5.41 Å². The van der Waals surface area contributed by atoms with E-state index in [2.05, 4.69) is 31.1 Å². The Balaban J connectivity index is 1.94. The number of likely N-dealkylation sites (N-methyl/N-ethyl adjacent to an activating group) is 1. The molecule has 1 saturated carbocycles. The summed E-state index contributed by atoms with van der Waals surface area (Å²) in [6, 6.07) is 1.57. The summed E-state index contributed by atoms with van der Waals surface area (Å²) in [4.78, 5) is 2.77. The van der Waals surface area contributed by atoms with Gasteiger partial charge >= 0.3 is 0 Å². The highest BCUT2D eigenvalue weighted by Crippen LogP contribution is 2.33. The molecule has 0 bridgehead atoms. The molecule has 1 N–H and O–H groups in total. The van der Waals surface area contributed by atoms with Crippen LogP contribution < -0.4 is 5.32 Å². The molecule has 2 nitrogen and oxygen atoms in total. The molecule has 0 spiro atoms. The molecule has 0 radical (unpaired) electrons. The van der Waals surface area contributed by atoms with Gasteiger partial charge in [0, 0.05) is 12.1 Å². The van der Waals surface area contributed by atoms with Crippen LogP contribution in [-0.4, -0.2) is 37.1 Å². The topological polar surface area (TPSA) is 15.3 Å². The first kappa shape index (κ1) is 12.4. The van der Waals surface area contributed by atoms with Gasteiger partial charge in [0.1, 0.15) is 0 Å². The van der Waals surface area contributed by atoms with E-state index in [1.54, 1.807) is 0 Å². The van der Waals surface area contributed by atoms with Crippen molar-refractivity contribution in [1.82, 2.24) is 10.2 Å². The van der Waals surface area contributed by atoms with E-state index >= 15 is 0 Å². The number of nitrogens with one attached hydrogen (secondary N) is 1. The molecule has 0 amide bonds. The molecule has 0 aromatic carbocycles. The Morgan fingerprint density at radius 3 is 2.62 bits per heavy atom. The fourth-order valence-corrected chi connectivity index (χ4v) is 3.49. The second kappa shape index (κ2) is 5.05. The average molecular weight is 224 g/mol. The molecule has 2 unspecified atom stereocenters. The lowest BCUT2D eigenvalue weighted by atomic mass is 9.85. The third-order valence-electron chi connectivity index (χ3n) is 4.69. The van der Waals surface area contributed by atoms with Crippen LogP contribution >= 0.6 is 0 Å². The molecule has 1 heterocycles. The van der Waals surface area contributed by atoms with Crippen molar-refractivity contribution in [3.63, 3.8) is 0 Å². The maximum Gasteiger partial charge on any atom is 0.0249 e. The van der Waals surface area contributed by atoms with Crippen molar-refractivity contribution < 1.29 is 0 Å². The lowest BCUT2D eigenvalue weighted by molar-refractivity contribution is 0.175. The maximum atomic E-state index is 3.51. The van der Waals surface area contributed by atoms with Gasteiger partial charge in [-0.1, -0.05) is 20.3 Å². The second-order valence-corrected chi connectivity index (χ2v) is 6.45. The van der Waals surface area contributed by atoms with Gasteiger partial charge in [-0.15, -0.1) is 0 Å². The summed E-state index contributed by atoms with van der Waals surface area (Å²) in [6.07, 6.45) is 8.36. The van der Waals surface area contributed by atoms with Crippen molar-refractivity contribution in [1.29, 1.82) is 0 Å². The van der Waals surface area contributed by atoms with Gasteiger partial charge in [0.05, 0.1) is 0 Å². The van der Waals surface area contributed by atoms with E-state index in [1.807, 2.05) is 0 Å². The van der Waals surface area contributed by atoms with Gasteiger partial charge < -0.3 is 5.32 Å². The van der Waals surface area contributed by atoms with Crippen LogP contribution in [0.25, 0.3) is 0 Å². The highest BCUT2D eigenvalue weighted by atomic mass is 15.2. The zero-order valence-corrected chi connectivity index (χ0v) is 11.3. The largest absolute Gasteiger partial charge is 0.315 e. The Bertz CT molecular complexity index is 225. The lowest BCUT2D eigenvalue weighted by Crippen LogP contribution is -2.46. The lowest BCUT2D eigenvalue weighted by Gasteiger charge is -2.32. The Morgan fingerprint density at radius 2 is 1.88 bits per heavy atom. The average Bonchev–Trinajstić information content (AvgIpc) is 2.63. The van der Waals surface area contributed by atoms with E-state index < -0.39 is 0 Å². The van der Waals surface area contributed by atoms with Gasteiger partial charge in [0.2, 0.25) is 0 Å². The van der Waals surface area contributed by atoms with Crippen LogP contribution in [0.5, 0.6) is 0 Å². The predicted octanol–water partition coefficient (Wildman–Crippen LogP) is 2.64. The van der Waals surface area contributed by atoms with Crippen LogP contribution in [0, 0.1) is 5.41 Å². The summed E-state index contributed by atoms with van der Waals surface area (Å²) in [5.74, 6) is 0. The fourth-order valence-electron chi connectivity index (χ4n) is 3.49. The third-order valence-corrected chi connectivity index (χ3v) is 4.69. The van der Waals surface area contributed by atoms with Crippen LogP contribution in [0.15, 0.2) is 0 Å². The summed E-state index contributed by atoms with van der Waals surface area (Å²) in [5.41, 5.74) is 0.572. The van der Waals surface area contributed by atoms with Gasteiger partial charge in [0.15, 0.2) is 0 Å². The number of hydrogen-bond acceptors (Lipinski definition) is 2. The molecule has 0 aromatic rings. The minimum absolute atomic E-state index is 0.572. The molecule has 2 rings (SSSR count). The quantitative estimate of drug-likeness (QED) is 0.776. The summed E-state index contributed by atoms with van der Waals surface area (Å²) in [6.45, 7) is 7.50. The summed E-state index contributed by atoms with van der Waals surface area (Å²) >= 11 is 0. The second-order valence-electron chi connectivity index (χ2n) is 6.45. The van der Waals surface area contributed by atoms with Crippen LogP contribution in [0.4, 0.5) is 0 Å². The third kappa shape index (κ3) is 2.78. The number of rotatable bonds is 2. The monoisotopic (exact) mass is 224 g/mol. The van der Waals surface area contributed by atoms with E-state index in [0.29, 0.717) is 5.41 Å². The number of likely N-dealkylation sites (tertiary alicyclic amines) is 1. The molecule has 1 aliphatic carbocycles. The van der Waals surface area contributed by atoms with Gasteiger partial charge in [-0.3, -0.25) is 4.90 Å². The molecule has 2 atom stereocenters. The van der Waals surface area contributed by atoms with Crippen molar-refractivity contribution >= 4 is 0 Å². The Kier molecular flexibility index (Phi) is 3.91. The van der Waals surface area contributed by atoms with Gasteiger partial charge in [-0.2, -0.15) is 0 Å². The van der Waals surface area contributed by atoms with Crippen LogP contribution in [0.1, 0.15) is 52.4 Å². The molecule has 94 valence electrons. The maximum absolute atomic E-state index is 3.51. The standard InChI is InChI=1S/C14H28N2/c1-14(2)8-5-10-16(11-9-14)13-7-4-6-12(13)15-3/h12-13,15H,4-11H2,1-3H3. The highest BCUT2D eigenvalue weighted by Gasteiger charge is 2.33. The van der Waals surface area contributed by atoms with Crippen LogP contribution in [-0.2, 0) is 0 Å². The van der Waals surface area contributed by atoms with E-state index in [-0.39, 0.29) is 0 Å². The summed E-state index contributed by atoms with van der Waals surface area (Å²) in [5, 5.41) is 3.51. The molecular formula is C14H28N2. The first-order valence-corrected chi connectivity index (χ1v) is 7.04. The molecule has 2 fully saturated rings. The summed E-state index contributed by atoms with van der Waals surface area (Å²) in [7, 11) is 2.13. The van der Waals surface area contributed by atoms with Crippen molar-refractivity contribution in [2.45, 2.75) is 64.5 Å². The van der Waals surface area contributed by atoms with E-state index in [9.17, 15) is 0 Å². The zero-order valence-electron chi connectivity index (χ0n) is 11.3. The first-order chi connectivity index (χ1) is 7.62. The normalized spacial score (nSPS) is 36.2. The Hall–Kier alpha value is -0.0800. The minimum Gasteiger partial charge on any atom is -0.315 e. The van der Waals surface area contributed by atoms with Crippen LogP contribution in [0.2, 0.25) is 0 Å². The molecular weight excluding hydrogens is 196 g/mol. The highest BCUT2D eigenvalue weighted by molar-refractivity contribution is 4.91. The van der Waals surface area contributed by atoms with Crippen LogP contribution in [0.3, 0.4) is 0 Å². The van der Waals surface area contributed by atoms with Gasteiger partial charge in [0.25, 0.3) is 0 Å². The first-order valence-electron chi connectivity index (χ1n) is 7.04. The summed E-state index contributed by atoms with van der Waals surface area (Å²) < 4.78 is 0. The van der Waals surface area contributed by atoms with E-state index in [4.69, 9.17) is 0 Å². The number of nitrogens with zero attached hydrogens (tertiary/aromatic N) is 1. The zero-order chi connectivity index (χ0) is 11.6. The Labute approximate surface area is 101 Å². The Morgan fingerprint density at radius 1 is 1.06 bits per heavy atom. The minimum atomic E-state index is 0.572. The van der Waals surface area contributed by atoms with Crippen molar-refractivity contribution in [3.05, 3.63) is 0 Å². The molecule has 2 heteroatoms.